The molecule has 1 fully saturated rings. The number of rotatable bonds is 5. The molecular weight excluding hydrogens is 262 g/mol. The number of nitrogens with one attached hydrogen (secondary N) is 1. The molecule has 0 aliphatic carbocycles. The van der Waals surface area contributed by atoms with Crippen LogP contribution in [0.1, 0.15) is 26.7 Å². The predicted octanol–water partition coefficient (Wildman–Crippen LogP) is 2.18. The summed E-state index contributed by atoms with van der Waals surface area (Å²) >= 11 is 0. The lowest BCUT2D eigenvalue weighted by atomic mass is 10.1. The van der Waals surface area contributed by atoms with E-state index in [9.17, 15) is 0 Å². The Morgan fingerprint density at radius 1 is 1.43 bits per heavy atom. The van der Waals surface area contributed by atoms with E-state index in [0.717, 1.165) is 36.5 Å². The highest BCUT2D eigenvalue weighted by molar-refractivity contribution is 5.86. The van der Waals surface area contributed by atoms with Crippen molar-refractivity contribution in [1.82, 2.24) is 19.9 Å². The van der Waals surface area contributed by atoms with Gasteiger partial charge in [0.25, 0.3) is 0 Å². The van der Waals surface area contributed by atoms with Gasteiger partial charge in [-0.15, -0.1) is 0 Å². The van der Waals surface area contributed by atoms with Gasteiger partial charge in [-0.2, -0.15) is 0 Å². The Labute approximate surface area is 126 Å². The van der Waals surface area contributed by atoms with Crippen molar-refractivity contribution in [3.63, 3.8) is 0 Å². The molecule has 0 amide bonds. The lowest BCUT2D eigenvalue weighted by Gasteiger charge is -2.28. The summed E-state index contributed by atoms with van der Waals surface area (Å²) in [5, 5.41) is 3.59. The molecule has 0 aromatic carbocycles. The number of pyridine rings is 1. The van der Waals surface area contributed by atoms with Gasteiger partial charge in [0.2, 0.25) is 0 Å². The van der Waals surface area contributed by atoms with E-state index in [1.165, 1.54) is 12.8 Å². The summed E-state index contributed by atoms with van der Waals surface area (Å²) in [4.78, 5) is 11.6. The van der Waals surface area contributed by atoms with Gasteiger partial charge in [-0.05, 0) is 31.4 Å². The molecule has 1 aliphatic heterocycles. The summed E-state index contributed by atoms with van der Waals surface area (Å²) in [6.07, 6.45) is 6.31. The third-order valence-electron chi connectivity index (χ3n) is 4.11. The standard InChI is InChI=1S/C16H25N5/c1-12(2)9-21(10-13-5-4-7-17-13)16-15-14(6-8-18-16)20(3)11-19-15/h6,8,11-13,17H,4-5,7,9-10H2,1-3H3. The zero-order valence-electron chi connectivity index (χ0n) is 13.2. The number of fused-ring (bicyclic) bond motifs is 1. The molecule has 114 valence electrons. The van der Waals surface area contributed by atoms with Crippen LogP contribution < -0.4 is 10.2 Å². The molecule has 2 aromatic heterocycles. The monoisotopic (exact) mass is 287 g/mol. The lowest BCUT2D eigenvalue weighted by molar-refractivity contribution is 0.538. The topological polar surface area (TPSA) is 46.0 Å². The van der Waals surface area contributed by atoms with Crippen LogP contribution in [0.4, 0.5) is 5.82 Å². The fraction of sp³-hybridized carbons (Fsp3) is 0.625. The van der Waals surface area contributed by atoms with Gasteiger partial charge in [0, 0.05) is 32.4 Å². The SMILES string of the molecule is CC(C)CN(CC1CCCN1)c1nccc2c1ncn2C. The van der Waals surface area contributed by atoms with Crippen molar-refractivity contribution in [2.24, 2.45) is 13.0 Å². The number of imidazole rings is 1. The highest BCUT2D eigenvalue weighted by atomic mass is 15.2. The first kappa shape index (κ1) is 14.3. The Morgan fingerprint density at radius 3 is 3.00 bits per heavy atom. The highest BCUT2D eigenvalue weighted by Crippen LogP contribution is 2.24. The Kier molecular flexibility index (Phi) is 4.10. The van der Waals surface area contributed by atoms with Crippen LogP contribution in [0.3, 0.4) is 0 Å². The van der Waals surface area contributed by atoms with Gasteiger partial charge < -0.3 is 14.8 Å². The van der Waals surface area contributed by atoms with Crippen molar-refractivity contribution in [2.45, 2.75) is 32.7 Å². The van der Waals surface area contributed by atoms with Crippen LogP contribution in [0.15, 0.2) is 18.6 Å². The Hall–Kier alpha value is -1.62. The van der Waals surface area contributed by atoms with Gasteiger partial charge >= 0.3 is 0 Å². The third kappa shape index (κ3) is 3.02. The Morgan fingerprint density at radius 2 is 2.29 bits per heavy atom. The molecule has 5 nitrogen and oxygen atoms in total. The fourth-order valence-electron chi connectivity index (χ4n) is 3.15. The molecule has 0 bridgehead atoms. The summed E-state index contributed by atoms with van der Waals surface area (Å²) in [6, 6.07) is 2.61. The van der Waals surface area contributed by atoms with Crippen LogP contribution in [-0.4, -0.2) is 40.2 Å². The number of aromatic nitrogens is 3. The first-order valence-electron chi connectivity index (χ1n) is 7.89. The molecular formula is C16H25N5. The number of hydrogen-bond donors (Lipinski definition) is 1. The number of anilines is 1. The Bertz CT molecular complexity index is 598. The molecule has 1 aliphatic rings. The molecule has 0 radical (unpaired) electrons. The van der Waals surface area contributed by atoms with E-state index >= 15 is 0 Å². The molecule has 3 heterocycles. The van der Waals surface area contributed by atoms with Gasteiger partial charge in [0.15, 0.2) is 5.82 Å². The van der Waals surface area contributed by atoms with Gasteiger partial charge in [0.1, 0.15) is 5.52 Å². The van der Waals surface area contributed by atoms with Crippen molar-refractivity contribution >= 4 is 16.9 Å². The summed E-state index contributed by atoms with van der Waals surface area (Å²) in [5.41, 5.74) is 2.16. The quantitative estimate of drug-likeness (QED) is 0.915. The maximum Gasteiger partial charge on any atom is 0.156 e. The first-order chi connectivity index (χ1) is 10.1. The Balaban J connectivity index is 1.92. The van der Waals surface area contributed by atoms with Crippen LogP contribution in [0.25, 0.3) is 11.0 Å². The third-order valence-corrected chi connectivity index (χ3v) is 4.11. The van der Waals surface area contributed by atoms with E-state index in [1.807, 2.05) is 25.6 Å². The zero-order valence-corrected chi connectivity index (χ0v) is 13.2. The number of aryl methyl sites for hydroxylation is 1. The van der Waals surface area contributed by atoms with E-state index in [2.05, 4.69) is 38.6 Å². The van der Waals surface area contributed by atoms with Gasteiger partial charge in [-0.25, -0.2) is 9.97 Å². The number of hydrogen-bond acceptors (Lipinski definition) is 4. The summed E-state index contributed by atoms with van der Waals surface area (Å²) in [7, 11) is 2.03. The second-order valence-corrected chi connectivity index (χ2v) is 6.45. The van der Waals surface area contributed by atoms with E-state index in [4.69, 9.17) is 0 Å². The molecule has 5 heteroatoms. The largest absolute Gasteiger partial charge is 0.353 e. The summed E-state index contributed by atoms with van der Waals surface area (Å²) in [6.45, 7) is 7.68. The molecule has 2 aromatic rings. The average Bonchev–Trinajstić information content (AvgIpc) is 3.08. The van der Waals surface area contributed by atoms with E-state index in [-0.39, 0.29) is 0 Å². The van der Waals surface area contributed by atoms with Crippen molar-refractivity contribution in [1.29, 1.82) is 0 Å². The van der Waals surface area contributed by atoms with Crippen LogP contribution in [0, 0.1) is 5.92 Å². The van der Waals surface area contributed by atoms with E-state index in [1.54, 1.807) is 0 Å². The van der Waals surface area contributed by atoms with Gasteiger partial charge in [-0.3, -0.25) is 0 Å². The van der Waals surface area contributed by atoms with Crippen molar-refractivity contribution in [3.8, 4) is 0 Å². The lowest BCUT2D eigenvalue weighted by Crippen LogP contribution is -2.40. The van der Waals surface area contributed by atoms with Gasteiger partial charge in [-0.1, -0.05) is 13.8 Å². The van der Waals surface area contributed by atoms with Gasteiger partial charge in [0.05, 0.1) is 11.8 Å². The zero-order chi connectivity index (χ0) is 14.8. The minimum absolute atomic E-state index is 0.574. The van der Waals surface area contributed by atoms with E-state index < -0.39 is 0 Å². The van der Waals surface area contributed by atoms with E-state index in [0.29, 0.717) is 12.0 Å². The van der Waals surface area contributed by atoms with Crippen LogP contribution >= 0.6 is 0 Å². The summed E-state index contributed by atoms with van der Waals surface area (Å²) < 4.78 is 2.06. The summed E-state index contributed by atoms with van der Waals surface area (Å²) in [5.74, 6) is 1.63. The molecule has 0 saturated carbocycles. The molecule has 1 N–H and O–H groups in total. The fourth-order valence-corrected chi connectivity index (χ4v) is 3.15. The molecule has 1 unspecified atom stereocenters. The minimum Gasteiger partial charge on any atom is -0.353 e. The molecule has 0 spiro atoms. The molecule has 1 saturated heterocycles. The van der Waals surface area contributed by atoms with Crippen molar-refractivity contribution in [2.75, 3.05) is 24.5 Å². The minimum atomic E-state index is 0.574. The van der Waals surface area contributed by atoms with Crippen molar-refractivity contribution < 1.29 is 0 Å². The average molecular weight is 287 g/mol. The van der Waals surface area contributed by atoms with Crippen molar-refractivity contribution in [3.05, 3.63) is 18.6 Å². The second-order valence-electron chi connectivity index (χ2n) is 6.45. The molecule has 21 heavy (non-hydrogen) atoms. The maximum absolute atomic E-state index is 4.64. The second kappa shape index (κ2) is 6.02. The molecule has 3 rings (SSSR count). The first-order valence-corrected chi connectivity index (χ1v) is 7.89. The molecule has 1 atom stereocenters. The van der Waals surface area contributed by atoms with Crippen LogP contribution in [-0.2, 0) is 7.05 Å². The highest BCUT2D eigenvalue weighted by Gasteiger charge is 2.21. The normalized spacial score (nSPS) is 18.8. The maximum atomic E-state index is 4.64. The smallest absolute Gasteiger partial charge is 0.156 e. The number of nitrogens with zero attached hydrogens (tertiary/aromatic N) is 4. The van der Waals surface area contributed by atoms with Crippen LogP contribution in [0.5, 0.6) is 0 Å². The predicted molar refractivity (Wildman–Crippen MR) is 86.6 cm³/mol. The van der Waals surface area contributed by atoms with Crippen LogP contribution in [0.2, 0.25) is 0 Å².